The van der Waals surface area contributed by atoms with Crippen LogP contribution in [-0.4, -0.2) is 75.4 Å². The van der Waals surface area contributed by atoms with Crippen molar-refractivity contribution in [1.29, 1.82) is 0 Å². The standard InChI is InChI=1S/C10H25NO2Si.C10H25NSi/c1-5-12-10(13-6-2)14-9-7-8-11(3)4;1-5-6-8-11-9-7-10-12(2,3)4/h10H,5-9,14H2,1-4H3;11H,5-10H2,1-4H3. The molecule has 160 valence electrons. The summed E-state index contributed by atoms with van der Waals surface area (Å²) in [5.41, 5.74) is 0. The van der Waals surface area contributed by atoms with E-state index in [1.54, 1.807) is 0 Å². The first-order chi connectivity index (χ1) is 12.3. The van der Waals surface area contributed by atoms with Gasteiger partial charge in [-0.15, -0.1) is 0 Å². The van der Waals surface area contributed by atoms with Crippen molar-refractivity contribution in [1.82, 2.24) is 10.2 Å². The van der Waals surface area contributed by atoms with Gasteiger partial charge < -0.3 is 19.7 Å². The summed E-state index contributed by atoms with van der Waals surface area (Å²) in [5.74, 6) is 0.146. The summed E-state index contributed by atoms with van der Waals surface area (Å²) in [6, 6.07) is 2.77. The zero-order valence-corrected chi connectivity index (χ0v) is 21.7. The van der Waals surface area contributed by atoms with Gasteiger partial charge in [-0.2, -0.15) is 0 Å². The van der Waals surface area contributed by atoms with Crippen LogP contribution < -0.4 is 5.32 Å². The van der Waals surface area contributed by atoms with E-state index in [1.165, 1.54) is 57.4 Å². The van der Waals surface area contributed by atoms with E-state index in [4.69, 9.17) is 9.47 Å². The van der Waals surface area contributed by atoms with Crippen LogP contribution >= 0.6 is 0 Å². The van der Waals surface area contributed by atoms with E-state index in [2.05, 4.69) is 50.9 Å². The van der Waals surface area contributed by atoms with Crippen LogP contribution in [0.1, 0.15) is 46.5 Å². The van der Waals surface area contributed by atoms with Gasteiger partial charge in [-0.1, -0.05) is 45.1 Å². The van der Waals surface area contributed by atoms with Crippen molar-refractivity contribution in [3.63, 3.8) is 0 Å². The lowest BCUT2D eigenvalue weighted by Gasteiger charge is -2.16. The summed E-state index contributed by atoms with van der Waals surface area (Å²) in [6.07, 6.45) is 5.28. The van der Waals surface area contributed by atoms with Crippen molar-refractivity contribution in [2.24, 2.45) is 0 Å². The maximum atomic E-state index is 5.52. The number of nitrogens with zero attached hydrogens (tertiary/aromatic N) is 1. The second-order valence-corrected chi connectivity index (χ2v) is 16.0. The van der Waals surface area contributed by atoms with Crippen molar-refractivity contribution in [2.75, 3.05) is 46.9 Å². The topological polar surface area (TPSA) is 33.7 Å². The second-order valence-electron chi connectivity index (χ2n) is 8.41. The van der Waals surface area contributed by atoms with Crippen molar-refractivity contribution < 1.29 is 9.47 Å². The molecule has 6 heteroatoms. The maximum Gasteiger partial charge on any atom is 0.134 e. The summed E-state index contributed by atoms with van der Waals surface area (Å²) in [6.45, 7) is 18.8. The average molecular weight is 407 g/mol. The average Bonchev–Trinajstić information content (AvgIpc) is 2.54. The van der Waals surface area contributed by atoms with E-state index < -0.39 is 8.07 Å². The molecule has 0 rings (SSSR count). The highest BCUT2D eigenvalue weighted by molar-refractivity contribution is 6.76. The molecule has 0 aliphatic heterocycles. The third-order valence-corrected chi connectivity index (χ3v) is 7.69. The molecule has 0 amide bonds. The Bertz CT molecular complexity index is 269. The Morgan fingerprint density at radius 1 is 0.923 bits per heavy atom. The molecule has 0 fully saturated rings. The molecule has 4 nitrogen and oxygen atoms in total. The van der Waals surface area contributed by atoms with Gasteiger partial charge in [0.2, 0.25) is 0 Å². The van der Waals surface area contributed by atoms with Gasteiger partial charge in [-0.3, -0.25) is 0 Å². The van der Waals surface area contributed by atoms with E-state index >= 15 is 0 Å². The van der Waals surface area contributed by atoms with Gasteiger partial charge in [-0.05, 0) is 66.8 Å². The van der Waals surface area contributed by atoms with Crippen LogP contribution in [0.2, 0.25) is 31.7 Å². The zero-order valence-electron chi connectivity index (χ0n) is 19.3. The molecule has 0 bridgehead atoms. The number of hydrogen-bond acceptors (Lipinski definition) is 4. The molecule has 26 heavy (non-hydrogen) atoms. The molecule has 0 unspecified atom stereocenters. The lowest BCUT2D eigenvalue weighted by Crippen LogP contribution is -2.25. The van der Waals surface area contributed by atoms with Gasteiger partial charge in [0.15, 0.2) is 0 Å². The van der Waals surface area contributed by atoms with Gasteiger partial charge >= 0.3 is 0 Å². The summed E-state index contributed by atoms with van der Waals surface area (Å²) in [4.78, 5) is 2.23. The molecule has 0 aliphatic rings. The lowest BCUT2D eigenvalue weighted by molar-refractivity contribution is -0.0827. The minimum absolute atomic E-state index is 0.146. The van der Waals surface area contributed by atoms with Crippen LogP contribution in [-0.2, 0) is 9.47 Å². The minimum Gasteiger partial charge on any atom is -0.357 e. The van der Waals surface area contributed by atoms with Crippen LogP contribution in [0.5, 0.6) is 0 Å². The van der Waals surface area contributed by atoms with Crippen LogP contribution in [0.15, 0.2) is 0 Å². The summed E-state index contributed by atoms with van der Waals surface area (Å²) in [5, 5.41) is 3.48. The number of nitrogens with one attached hydrogen (secondary N) is 1. The quantitative estimate of drug-likeness (QED) is 0.239. The fourth-order valence-corrected chi connectivity index (χ4v) is 5.38. The van der Waals surface area contributed by atoms with Crippen LogP contribution in [0.25, 0.3) is 0 Å². The van der Waals surface area contributed by atoms with Gasteiger partial charge in [-0.25, -0.2) is 0 Å². The molecule has 0 saturated carbocycles. The zero-order chi connectivity index (χ0) is 20.3. The third-order valence-electron chi connectivity index (χ3n) is 3.99. The van der Waals surface area contributed by atoms with Crippen LogP contribution in [0.4, 0.5) is 0 Å². The molecule has 0 saturated heterocycles. The predicted molar refractivity (Wildman–Crippen MR) is 124 cm³/mol. The number of rotatable bonds is 16. The van der Waals surface area contributed by atoms with Gasteiger partial charge in [0.25, 0.3) is 0 Å². The SMILES string of the molecule is CCCCNCCC[Si](C)(C)C.CCOC(OCC)[SiH2]CCCN(C)C. The highest BCUT2D eigenvalue weighted by atomic mass is 28.3. The van der Waals surface area contributed by atoms with Crippen molar-refractivity contribution >= 4 is 17.6 Å². The molecular weight excluding hydrogens is 356 g/mol. The first kappa shape index (κ1) is 28.5. The first-order valence-electron chi connectivity index (χ1n) is 10.8. The number of ether oxygens (including phenoxy) is 2. The molecule has 0 aliphatic carbocycles. The molecule has 0 aromatic rings. The molecular formula is C20H50N2O2Si2. The number of unbranched alkanes of at least 4 members (excludes halogenated alkanes) is 1. The number of hydrogen-bond donors (Lipinski definition) is 1. The minimum atomic E-state index is -0.766. The predicted octanol–water partition coefficient (Wildman–Crippen LogP) is 3.99. The van der Waals surface area contributed by atoms with E-state index in [0.717, 1.165) is 13.2 Å². The van der Waals surface area contributed by atoms with Crippen molar-refractivity contribution in [2.45, 2.75) is 84.1 Å². The Hall–Kier alpha value is 0.274. The molecule has 0 heterocycles. The van der Waals surface area contributed by atoms with Crippen molar-refractivity contribution in [3.05, 3.63) is 0 Å². The fourth-order valence-electron chi connectivity index (χ4n) is 2.50. The normalized spacial score (nSPS) is 12.2. The van der Waals surface area contributed by atoms with Crippen molar-refractivity contribution in [3.8, 4) is 0 Å². The Morgan fingerprint density at radius 2 is 1.50 bits per heavy atom. The summed E-state index contributed by atoms with van der Waals surface area (Å²) < 4.78 is 11.0. The van der Waals surface area contributed by atoms with E-state index in [0.29, 0.717) is 0 Å². The van der Waals surface area contributed by atoms with Crippen LogP contribution in [0.3, 0.4) is 0 Å². The van der Waals surface area contributed by atoms with Gasteiger partial charge in [0.1, 0.15) is 5.91 Å². The summed E-state index contributed by atoms with van der Waals surface area (Å²) in [7, 11) is 3.25. The molecule has 0 atom stereocenters. The highest BCUT2D eigenvalue weighted by Gasteiger charge is 2.11. The first-order valence-corrected chi connectivity index (χ1v) is 16.4. The Balaban J connectivity index is 0. The molecule has 0 aromatic heterocycles. The fraction of sp³-hybridized carbons (Fsp3) is 1.00. The van der Waals surface area contributed by atoms with Crippen LogP contribution in [0, 0.1) is 0 Å². The molecule has 0 aromatic carbocycles. The van der Waals surface area contributed by atoms with Gasteiger partial charge in [0, 0.05) is 21.3 Å². The second kappa shape index (κ2) is 20.0. The Morgan fingerprint density at radius 3 is 1.96 bits per heavy atom. The van der Waals surface area contributed by atoms with E-state index in [9.17, 15) is 0 Å². The smallest absolute Gasteiger partial charge is 0.134 e. The van der Waals surface area contributed by atoms with E-state index in [-0.39, 0.29) is 15.4 Å². The lowest BCUT2D eigenvalue weighted by atomic mass is 10.3. The molecule has 1 N–H and O–H groups in total. The van der Waals surface area contributed by atoms with Gasteiger partial charge in [0.05, 0.1) is 9.52 Å². The largest absolute Gasteiger partial charge is 0.357 e. The van der Waals surface area contributed by atoms with E-state index in [1.807, 2.05) is 13.8 Å². The monoisotopic (exact) mass is 406 g/mol. The summed E-state index contributed by atoms with van der Waals surface area (Å²) >= 11 is 0. The third kappa shape index (κ3) is 26.5. The maximum absolute atomic E-state index is 5.52. The molecule has 0 spiro atoms. The highest BCUT2D eigenvalue weighted by Crippen LogP contribution is 2.09. The molecule has 0 radical (unpaired) electrons. The Labute approximate surface area is 168 Å². The Kier molecular flexibility index (Phi) is 21.9.